The average molecular weight is 228 g/mol. The molecule has 0 N–H and O–H groups in total. The lowest BCUT2D eigenvalue weighted by Crippen LogP contribution is -2.33. The molecule has 16 heavy (non-hydrogen) atoms. The fourth-order valence-electron chi connectivity index (χ4n) is 1.67. The van der Waals surface area contributed by atoms with E-state index in [1.54, 1.807) is 0 Å². The van der Waals surface area contributed by atoms with Crippen LogP contribution in [0.3, 0.4) is 0 Å². The Kier molecular flexibility index (Phi) is 9.54. The fraction of sp³-hybridized carbons (Fsp3) is 0.923. The topological polar surface area (TPSA) is 23.6 Å². The summed E-state index contributed by atoms with van der Waals surface area (Å²) in [5.41, 5.74) is 0. The monoisotopic (exact) mass is 228 g/mol. The highest BCUT2D eigenvalue weighted by Crippen LogP contribution is 2.00. The van der Waals surface area contributed by atoms with Crippen LogP contribution in [0.15, 0.2) is 0 Å². The van der Waals surface area contributed by atoms with E-state index in [9.17, 15) is 4.79 Å². The molecule has 0 aromatic heterocycles. The van der Waals surface area contributed by atoms with Crippen LogP contribution in [0.1, 0.15) is 39.5 Å². The molecule has 0 unspecified atom stereocenters. The van der Waals surface area contributed by atoms with Gasteiger partial charge < -0.3 is 9.80 Å². The van der Waals surface area contributed by atoms with Gasteiger partial charge in [0.1, 0.15) is 5.78 Å². The van der Waals surface area contributed by atoms with E-state index in [2.05, 4.69) is 30.8 Å². The van der Waals surface area contributed by atoms with E-state index in [1.807, 2.05) is 6.92 Å². The molecular weight excluding hydrogens is 200 g/mol. The Bertz CT molecular complexity index is 181. The van der Waals surface area contributed by atoms with Crippen molar-refractivity contribution in [2.24, 2.45) is 0 Å². The molecule has 0 aliphatic carbocycles. The molecule has 0 fully saturated rings. The molecule has 0 aromatic rings. The summed E-state index contributed by atoms with van der Waals surface area (Å²) in [6.07, 6.45) is 3.64. The van der Waals surface area contributed by atoms with Crippen molar-refractivity contribution in [1.29, 1.82) is 0 Å². The maximum Gasteiger partial charge on any atom is 0.132 e. The van der Waals surface area contributed by atoms with Crippen LogP contribution in [0.5, 0.6) is 0 Å². The SMILES string of the molecule is CCCN(CCCC(=O)CC)CCN(C)C. The maximum absolute atomic E-state index is 11.2. The van der Waals surface area contributed by atoms with Gasteiger partial charge in [-0.25, -0.2) is 0 Å². The number of rotatable bonds is 10. The van der Waals surface area contributed by atoms with Gasteiger partial charge in [0, 0.05) is 25.9 Å². The summed E-state index contributed by atoms with van der Waals surface area (Å²) < 4.78 is 0. The van der Waals surface area contributed by atoms with Gasteiger partial charge in [-0.2, -0.15) is 0 Å². The van der Waals surface area contributed by atoms with E-state index < -0.39 is 0 Å². The first-order valence-electron chi connectivity index (χ1n) is 6.48. The second-order valence-electron chi connectivity index (χ2n) is 4.64. The molecule has 0 saturated carbocycles. The molecule has 0 rings (SSSR count). The van der Waals surface area contributed by atoms with Crippen LogP contribution in [0.2, 0.25) is 0 Å². The first kappa shape index (κ1) is 15.6. The number of ketones is 1. The van der Waals surface area contributed by atoms with Crippen molar-refractivity contribution in [3.05, 3.63) is 0 Å². The second kappa shape index (κ2) is 9.79. The Balaban J connectivity index is 3.71. The largest absolute Gasteiger partial charge is 0.308 e. The van der Waals surface area contributed by atoms with Crippen LogP contribution >= 0.6 is 0 Å². The van der Waals surface area contributed by atoms with E-state index in [0.717, 1.165) is 39.0 Å². The first-order chi connectivity index (χ1) is 7.60. The third kappa shape index (κ3) is 8.86. The van der Waals surface area contributed by atoms with Gasteiger partial charge >= 0.3 is 0 Å². The minimum absolute atomic E-state index is 0.393. The molecule has 0 amide bonds. The second-order valence-corrected chi connectivity index (χ2v) is 4.64. The summed E-state index contributed by atoms with van der Waals surface area (Å²) >= 11 is 0. The average Bonchev–Trinajstić information content (AvgIpc) is 2.25. The highest BCUT2D eigenvalue weighted by atomic mass is 16.1. The lowest BCUT2D eigenvalue weighted by Gasteiger charge is -2.23. The molecule has 0 radical (unpaired) electrons. The molecule has 0 saturated heterocycles. The molecule has 0 bridgehead atoms. The van der Waals surface area contributed by atoms with Gasteiger partial charge in [0.05, 0.1) is 0 Å². The van der Waals surface area contributed by atoms with E-state index in [-0.39, 0.29) is 0 Å². The molecule has 0 atom stereocenters. The highest BCUT2D eigenvalue weighted by molar-refractivity contribution is 5.77. The Morgan fingerprint density at radius 2 is 1.69 bits per heavy atom. The van der Waals surface area contributed by atoms with Crippen molar-refractivity contribution in [3.63, 3.8) is 0 Å². The predicted molar refractivity (Wildman–Crippen MR) is 69.8 cm³/mol. The summed E-state index contributed by atoms with van der Waals surface area (Å²) in [4.78, 5) is 15.9. The summed E-state index contributed by atoms with van der Waals surface area (Å²) in [6, 6.07) is 0. The number of hydrogen-bond acceptors (Lipinski definition) is 3. The lowest BCUT2D eigenvalue weighted by atomic mass is 10.2. The van der Waals surface area contributed by atoms with Gasteiger partial charge in [-0.15, -0.1) is 0 Å². The third-order valence-corrected chi connectivity index (χ3v) is 2.73. The van der Waals surface area contributed by atoms with E-state index in [1.165, 1.54) is 6.42 Å². The Hall–Kier alpha value is -0.410. The highest BCUT2D eigenvalue weighted by Gasteiger charge is 2.05. The molecule has 96 valence electrons. The maximum atomic E-state index is 11.2. The van der Waals surface area contributed by atoms with Crippen molar-refractivity contribution in [2.45, 2.75) is 39.5 Å². The number of hydrogen-bond donors (Lipinski definition) is 0. The minimum Gasteiger partial charge on any atom is -0.308 e. The van der Waals surface area contributed by atoms with E-state index in [4.69, 9.17) is 0 Å². The van der Waals surface area contributed by atoms with E-state index >= 15 is 0 Å². The number of nitrogens with zero attached hydrogens (tertiary/aromatic N) is 2. The minimum atomic E-state index is 0.393. The summed E-state index contributed by atoms with van der Waals surface area (Å²) in [6.45, 7) is 8.57. The van der Waals surface area contributed by atoms with Crippen LogP contribution in [-0.2, 0) is 4.79 Å². The standard InChI is InChI=1S/C13H28N2O/c1-5-9-15(12-11-14(3)4)10-7-8-13(16)6-2/h5-12H2,1-4H3. The van der Waals surface area contributed by atoms with Crippen molar-refractivity contribution in [2.75, 3.05) is 40.3 Å². The molecule has 0 heterocycles. The quantitative estimate of drug-likeness (QED) is 0.571. The Morgan fingerprint density at radius 3 is 2.19 bits per heavy atom. The number of carbonyl (C=O) groups is 1. The zero-order valence-electron chi connectivity index (χ0n) is 11.5. The Labute approximate surface area is 101 Å². The summed E-state index contributed by atoms with van der Waals surface area (Å²) in [7, 11) is 4.20. The van der Waals surface area contributed by atoms with Crippen LogP contribution < -0.4 is 0 Å². The van der Waals surface area contributed by atoms with Crippen LogP contribution in [0.4, 0.5) is 0 Å². The number of carbonyl (C=O) groups excluding carboxylic acids is 1. The van der Waals surface area contributed by atoms with Crippen molar-refractivity contribution in [1.82, 2.24) is 9.80 Å². The third-order valence-electron chi connectivity index (χ3n) is 2.73. The van der Waals surface area contributed by atoms with Crippen molar-refractivity contribution < 1.29 is 4.79 Å². The molecular formula is C13H28N2O. The molecule has 0 aromatic carbocycles. The molecule has 3 nitrogen and oxygen atoms in total. The molecule has 0 spiro atoms. The first-order valence-corrected chi connectivity index (χ1v) is 6.48. The van der Waals surface area contributed by atoms with Gasteiger partial charge in [0.25, 0.3) is 0 Å². The number of Topliss-reactive ketones (excluding diaryl/α,β-unsaturated/α-hetero) is 1. The summed E-state index contributed by atoms with van der Waals surface area (Å²) in [5, 5.41) is 0. The lowest BCUT2D eigenvalue weighted by molar-refractivity contribution is -0.118. The molecule has 3 heteroatoms. The van der Waals surface area contributed by atoms with Crippen LogP contribution in [0, 0.1) is 0 Å². The smallest absolute Gasteiger partial charge is 0.132 e. The molecule has 0 aliphatic heterocycles. The van der Waals surface area contributed by atoms with E-state index in [0.29, 0.717) is 12.2 Å². The molecule has 0 aliphatic rings. The van der Waals surface area contributed by atoms with Gasteiger partial charge in [-0.3, -0.25) is 4.79 Å². The summed E-state index contributed by atoms with van der Waals surface area (Å²) in [5.74, 6) is 0.393. The fourth-order valence-corrected chi connectivity index (χ4v) is 1.67. The van der Waals surface area contributed by atoms with Gasteiger partial charge in [-0.05, 0) is 40.0 Å². The van der Waals surface area contributed by atoms with Crippen LogP contribution in [0.25, 0.3) is 0 Å². The van der Waals surface area contributed by atoms with Crippen molar-refractivity contribution >= 4 is 5.78 Å². The predicted octanol–water partition coefficient (Wildman–Crippen LogP) is 2.02. The Morgan fingerprint density at radius 1 is 1.00 bits per heavy atom. The van der Waals surface area contributed by atoms with Gasteiger partial charge in [0.15, 0.2) is 0 Å². The van der Waals surface area contributed by atoms with Crippen molar-refractivity contribution in [3.8, 4) is 0 Å². The normalized spacial score (nSPS) is 11.4. The number of likely N-dealkylation sites (N-methyl/N-ethyl adjacent to an activating group) is 1. The van der Waals surface area contributed by atoms with Gasteiger partial charge in [-0.1, -0.05) is 13.8 Å². The van der Waals surface area contributed by atoms with Gasteiger partial charge in [0.2, 0.25) is 0 Å². The zero-order chi connectivity index (χ0) is 12.4. The van der Waals surface area contributed by atoms with Crippen LogP contribution in [-0.4, -0.2) is 55.9 Å². The zero-order valence-corrected chi connectivity index (χ0v) is 11.5.